The molecule has 0 saturated carbocycles. The van der Waals surface area contributed by atoms with Gasteiger partial charge in [-0.05, 0) is 32.8 Å². The molecule has 0 radical (unpaired) electrons. The zero-order valence-electron chi connectivity index (χ0n) is 14.0. The van der Waals surface area contributed by atoms with Gasteiger partial charge in [0.05, 0.1) is 38.0 Å². The summed E-state index contributed by atoms with van der Waals surface area (Å²) in [6, 6.07) is 10.1. The second-order valence-electron chi connectivity index (χ2n) is 7.22. The standard InChI is InChI=1S/C18H25NO4/c1-18(2,3)23-17(20)19-14-9-16(15(19)12-21-11-14)22-10-13-7-5-4-6-8-13/h4-8,14-16H,9-12H2,1-3H3/t14?,15?,16-/m0/s1. The summed E-state index contributed by atoms with van der Waals surface area (Å²) in [7, 11) is 0. The van der Waals surface area contributed by atoms with Crippen molar-refractivity contribution in [3.8, 4) is 0 Å². The number of amides is 1. The van der Waals surface area contributed by atoms with Crippen molar-refractivity contribution in [1.29, 1.82) is 0 Å². The Labute approximate surface area is 137 Å². The summed E-state index contributed by atoms with van der Waals surface area (Å²) < 4.78 is 17.2. The van der Waals surface area contributed by atoms with E-state index < -0.39 is 5.60 Å². The average Bonchev–Trinajstić information content (AvgIpc) is 2.71. The Bertz CT molecular complexity index is 540. The van der Waals surface area contributed by atoms with Crippen molar-refractivity contribution in [1.82, 2.24) is 4.90 Å². The molecule has 3 atom stereocenters. The van der Waals surface area contributed by atoms with Gasteiger partial charge in [0, 0.05) is 0 Å². The number of carbonyl (C=O) groups is 1. The molecule has 2 unspecified atom stereocenters. The highest BCUT2D eigenvalue weighted by Gasteiger charge is 2.48. The number of hydrogen-bond donors (Lipinski definition) is 0. The lowest BCUT2D eigenvalue weighted by molar-refractivity contribution is -0.0586. The Morgan fingerprint density at radius 1 is 1.26 bits per heavy atom. The quantitative estimate of drug-likeness (QED) is 0.859. The van der Waals surface area contributed by atoms with Gasteiger partial charge in [0.15, 0.2) is 0 Å². The number of carbonyl (C=O) groups excluding carboxylic acids is 1. The topological polar surface area (TPSA) is 48.0 Å². The molecular weight excluding hydrogens is 294 g/mol. The van der Waals surface area contributed by atoms with Crippen LogP contribution in [0, 0.1) is 0 Å². The number of rotatable bonds is 3. The molecule has 5 nitrogen and oxygen atoms in total. The maximum atomic E-state index is 12.5. The molecule has 0 aromatic heterocycles. The van der Waals surface area contributed by atoms with E-state index in [4.69, 9.17) is 14.2 Å². The lowest BCUT2D eigenvalue weighted by Crippen LogP contribution is -2.52. The molecule has 2 aliphatic heterocycles. The van der Waals surface area contributed by atoms with Crippen LogP contribution in [0.2, 0.25) is 0 Å². The molecule has 2 heterocycles. The molecular formula is C18H25NO4. The van der Waals surface area contributed by atoms with Crippen LogP contribution in [0.4, 0.5) is 4.79 Å². The molecule has 23 heavy (non-hydrogen) atoms. The van der Waals surface area contributed by atoms with E-state index in [9.17, 15) is 4.79 Å². The molecule has 1 aromatic carbocycles. The maximum absolute atomic E-state index is 12.5. The van der Waals surface area contributed by atoms with Gasteiger partial charge >= 0.3 is 6.09 Å². The zero-order valence-corrected chi connectivity index (χ0v) is 14.0. The van der Waals surface area contributed by atoms with Gasteiger partial charge in [0.2, 0.25) is 0 Å². The minimum atomic E-state index is -0.491. The van der Waals surface area contributed by atoms with E-state index in [0.29, 0.717) is 19.8 Å². The molecule has 0 aliphatic carbocycles. The summed E-state index contributed by atoms with van der Waals surface area (Å²) in [6.45, 7) is 7.27. The molecule has 2 fully saturated rings. The van der Waals surface area contributed by atoms with E-state index in [1.54, 1.807) is 0 Å². The minimum absolute atomic E-state index is 0.00442. The summed E-state index contributed by atoms with van der Waals surface area (Å²) in [5, 5.41) is 0. The first kappa shape index (κ1) is 16.3. The highest BCUT2D eigenvalue weighted by molar-refractivity contribution is 5.70. The Balaban J connectivity index is 1.64. The van der Waals surface area contributed by atoms with Gasteiger partial charge in [-0.15, -0.1) is 0 Å². The van der Waals surface area contributed by atoms with Crippen molar-refractivity contribution in [2.45, 2.75) is 57.6 Å². The van der Waals surface area contributed by atoms with Crippen molar-refractivity contribution >= 4 is 6.09 Å². The monoisotopic (exact) mass is 319 g/mol. The number of fused-ring (bicyclic) bond motifs is 2. The largest absolute Gasteiger partial charge is 0.444 e. The predicted molar refractivity (Wildman–Crippen MR) is 86.1 cm³/mol. The van der Waals surface area contributed by atoms with E-state index in [1.807, 2.05) is 56.0 Å². The number of benzene rings is 1. The van der Waals surface area contributed by atoms with Crippen molar-refractivity contribution in [2.24, 2.45) is 0 Å². The number of nitrogens with zero attached hydrogens (tertiary/aromatic N) is 1. The lowest BCUT2D eigenvalue weighted by Gasteiger charge is -2.36. The predicted octanol–water partition coefficient (Wildman–Crippen LogP) is 2.98. The third kappa shape index (κ3) is 3.85. The van der Waals surface area contributed by atoms with Crippen LogP contribution in [-0.2, 0) is 20.8 Å². The smallest absolute Gasteiger partial charge is 0.411 e. The third-order valence-electron chi connectivity index (χ3n) is 4.19. The Hall–Kier alpha value is -1.59. The fourth-order valence-electron chi connectivity index (χ4n) is 3.21. The van der Waals surface area contributed by atoms with E-state index in [0.717, 1.165) is 12.0 Å². The summed E-state index contributed by atoms with van der Waals surface area (Å²) in [5.41, 5.74) is 0.647. The van der Waals surface area contributed by atoms with Gasteiger partial charge in [-0.2, -0.15) is 0 Å². The van der Waals surface area contributed by atoms with Crippen molar-refractivity contribution in [3.63, 3.8) is 0 Å². The molecule has 126 valence electrons. The first-order chi connectivity index (χ1) is 10.9. The lowest BCUT2D eigenvalue weighted by atomic mass is 10.1. The van der Waals surface area contributed by atoms with Gasteiger partial charge in [-0.3, -0.25) is 4.90 Å². The van der Waals surface area contributed by atoms with Crippen LogP contribution in [0.5, 0.6) is 0 Å². The Morgan fingerprint density at radius 3 is 2.70 bits per heavy atom. The molecule has 1 aromatic rings. The molecule has 2 bridgehead atoms. The first-order valence-corrected chi connectivity index (χ1v) is 8.18. The van der Waals surface area contributed by atoms with Gasteiger partial charge in [0.25, 0.3) is 0 Å². The van der Waals surface area contributed by atoms with Crippen molar-refractivity contribution < 1.29 is 19.0 Å². The average molecular weight is 319 g/mol. The molecule has 3 rings (SSSR count). The molecule has 0 spiro atoms. The van der Waals surface area contributed by atoms with Crippen molar-refractivity contribution in [2.75, 3.05) is 13.2 Å². The van der Waals surface area contributed by atoms with E-state index in [1.165, 1.54) is 0 Å². The van der Waals surface area contributed by atoms with Crippen LogP contribution in [0.15, 0.2) is 30.3 Å². The van der Waals surface area contributed by atoms with E-state index >= 15 is 0 Å². The van der Waals surface area contributed by atoms with Gasteiger partial charge in [-0.25, -0.2) is 4.79 Å². The summed E-state index contributed by atoms with van der Waals surface area (Å²) in [5.74, 6) is 0. The summed E-state index contributed by atoms with van der Waals surface area (Å²) in [4.78, 5) is 14.3. The Morgan fingerprint density at radius 2 is 2.00 bits per heavy atom. The van der Waals surface area contributed by atoms with Crippen LogP contribution in [0.3, 0.4) is 0 Å². The van der Waals surface area contributed by atoms with E-state index in [-0.39, 0.29) is 24.3 Å². The molecule has 2 saturated heterocycles. The van der Waals surface area contributed by atoms with Crippen LogP contribution in [0.1, 0.15) is 32.8 Å². The van der Waals surface area contributed by atoms with Crippen LogP contribution < -0.4 is 0 Å². The first-order valence-electron chi connectivity index (χ1n) is 8.18. The maximum Gasteiger partial charge on any atom is 0.411 e. The Kier molecular flexibility index (Phi) is 4.60. The normalized spacial score (nSPS) is 27.1. The van der Waals surface area contributed by atoms with Crippen molar-refractivity contribution in [3.05, 3.63) is 35.9 Å². The molecule has 2 aliphatic rings. The van der Waals surface area contributed by atoms with E-state index in [2.05, 4.69) is 0 Å². The van der Waals surface area contributed by atoms with Crippen LogP contribution in [-0.4, -0.2) is 48.0 Å². The fraction of sp³-hybridized carbons (Fsp3) is 0.611. The van der Waals surface area contributed by atoms with Crippen LogP contribution >= 0.6 is 0 Å². The van der Waals surface area contributed by atoms with Gasteiger partial charge < -0.3 is 14.2 Å². The third-order valence-corrected chi connectivity index (χ3v) is 4.19. The molecule has 5 heteroatoms. The second kappa shape index (κ2) is 6.49. The molecule has 1 amide bonds. The van der Waals surface area contributed by atoms with Gasteiger partial charge in [0.1, 0.15) is 5.60 Å². The number of hydrogen-bond acceptors (Lipinski definition) is 4. The molecule has 0 N–H and O–H groups in total. The highest BCUT2D eigenvalue weighted by atomic mass is 16.6. The van der Waals surface area contributed by atoms with Gasteiger partial charge in [-0.1, -0.05) is 30.3 Å². The highest BCUT2D eigenvalue weighted by Crippen LogP contribution is 2.33. The SMILES string of the molecule is CC(C)(C)OC(=O)N1C2COCC1[C@@H](OCc1ccccc1)C2. The zero-order chi connectivity index (χ0) is 16.4. The second-order valence-corrected chi connectivity index (χ2v) is 7.22. The summed E-state index contributed by atoms with van der Waals surface area (Å²) in [6.07, 6.45) is 0.536. The number of ether oxygens (including phenoxy) is 3. The fourth-order valence-corrected chi connectivity index (χ4v) is 3.21. The summed E-state index contributed by atoms with van der Waals surface area (Å²) >= 11 is 0. The number of morpholine rings is 1. The van der Waals surface area contributed by atoms with Crippen LogP contribution in [0.25, 0.3) is 0 Å². The minimum Gasteiger partial charge on any atom is -0.444 e.